The van der Waals surface area contributed by atoms with Gasteiger partial charge in [-0.15, -0.1) is 6.58 Å². The van der Waals surface area contributed by atoms with Gasteiger partial charge >= 0.3 is 0 Å². The first kappa shape index (κ1) is 18.1. The van der Waals surface area contributed by atoms with Gasteiger partial charge in [-0.2, -0.15) is 12.1 Å². The fourth-order valence-electron chi connectivity index (χ4n) is 1.84. The number of rotatable bonds is 4. The number of nitrogens with one attached hydrogen (secondary N) is 1. The Morgan fingerprint density at radius 3 is 2.67 bits per heavy atom. The van der Waals surface area contributed by atoms with Crippen LogP contribution in [-0.4, -0.2) is 29.0 Å². The zero-order valence-corrected chi connectivity index (χ0v) is 14.5. The predicted molar refractivity (Wildman–Crippen MR) is 70.1 cm³/mol. The van der Waals surface area contributed by atoms with Gasteiger partial charge in [0.2, 0.25) is 5.91 Å². The van der Waals surface area contributed by atoms with Crippen molar-refractivity contribution in [3.63, 3.8) is 0 Å². The molecule has 101 valence electrons. The molecule has 2 atom stereocenters. The standard InChI is InChI=1S/C13H23N3O.Y/c1-6-11(5)16-13(17)12(14-9(2)3)8-7-10(4)15-16;/h9,11-12,14H,1,4,6-8H2,2-3,5H3;/q-2;/t11-,12+;/m1./s1. The molecule has 0 saturated carbocycles. The maximum absolute atomic E-state index is 12.3. The van der Waals surface area contributed by atoms with Crippen molar-refractivity contribution in [3.05, 3.63) is 24.6 Å². The average Bonchev–Trinajstić information content (AvgIpc) is 2.40. The summed E-state index contributed by atoms with van der Waals surface area (Å²) in [5, 5.41) is 4.83. The number of hydrogen-bond acceptors (Lipinski definition) is 2. The number of carbonyl (C=O) groups is 1. The fourth-order valence-corrected chi connectivity index (χ4v) is 1.84. The third-order valence-corrected chi connectivity index (χ3v) is 2.86. The Morgan fingerprint density at radius 1 is 1.56 bits per heavy atom. The van der Waals surface area contributed by atoms with Crippen molar-refractivity contribution in [2.75, 3.05) is 0 Å². The van der Waals surface area contributed by atoms with Crippen LogP contribution in [0.1, 0.15) is 40.0 Å². The van der Waals surface area contributed by atoms with E-state index >= 15 is 0 Å². The maximum Gasteiger partial charge on any atom is 0.226 e. The van der Waals surface area contributed by atoms with E-state index in [1.54, 1.807) is 5.01 Å². The predicted octanol–water partition coefficient (Wildman–Crippen LogP) is 2.39. The number of hydrogen-bond donors (Lipinski definition) is 1. The van der Waals surface area contributed by atoms with Crippen molar-refractivity contribution in [2.45, 2.75) is 58.2 Å². The molecule has 1 rings (SSSR count). The van der Waals surface area contributed by atoms with Crippen molar-refractivity contribution in [3.8, 4) is 0 Å². The minimum Gasteiger partial charge on any atom is -0.596 e. The van der Waals surface area contributed by atoms with Crippen LogP contribution in [0, 0.1) is 6.92 Å². The van der Waals surface area contributed by atoms with Gasteiger partial charge in [-0.05, 0) is 25.8 Å². The van der Waals surface area contributed by atoms with Crippen LogP contribution < -0.4 is 5.32 Å². The van der Waals surface area contributed by atoms with Gasteiger partial charge in [0, 0.05) is 38.8 Å². The topological polar surface area (TPSA) is 46.4 Å². The van der Waals surface area contributed by atoms with E-state index in [0.29, 0.717) is 6.42 Å². The Balaban J connectivity index is 0.00000289. The molecule has 0 spiro atoms. The molecule has 1 fully saturated rings. The van der Waals surface area contributed by atoms with Gasteiger partial charge in [-0.25, -0.2) is 0 Å². The molecule has 0 aromatic carbocycles. The molecule has 0 aliphatic carbocycles. The third-order valence-electron chi connectivity index (χ3n) is 2.86. The van der Waals surface area contributed by atoms with Gasteiger partial charge < -0.3 is 22.7 Å². The Morgan fingerprint density at radius 2 is 2.17 bits per heavy atom. The van der Waals surface area contributed by atoms with Crippen molar-refractivity contribution in [1.82, 2.24) is 10.3 Å². The van der Waals surface area contributed by atoms with E-state index in [1.807, 2.05) is 20.8 Å². The zero-order chi connectivity index (χ0) is 13.0. The summed E-state index contributed by atoms with van der Waals surface area (Å²) < 4.78 is 0. The number of amides is 1. The maximum atomic E-state index is 12.3. The van der Waals surface area contributed by atoms with Gasteiger partial charge in [-0.1, -0.05) is 13.8 Å². The van der Waals surface area contributed by atoms with Gasteiger partial charge in [0.25, 0.3) is 0 Å². The second-order valence-electron chi connectivity index (χ2n) is 4.90. The van der Waals surface area contributed by atoms with E-state index in [-0.39, 0.29) is 56.7 Å². The average molecular weight is 326 g/mol. The van der Waals surface area contributed by atoms with Crippen LogP contribution in [0.15, 0.2) is 12.3 Å². The molecule has 0 aromatic heterocycles. The van der Waals surface area contributed by atoms with Crippen molar-refractivity contribution in [1.29, 1.82) is 0 Å². The Hall–Kier alpha value is 0.0739. The molecule has 1 radical (unpaired) electrons. The van der Waals surface area contributed by atoms with Crippen LogP contribution in [0.3, 0.4) is 0 Å². The van der Waals surface area contributed by atoms with Crippen LogP contribution in [-0.2, 0) is 37.5 Å². The van der Waals surface area contributed by atoms with Gasteiger partial charge in [0.05, 0.1) is 6.04 Å². The smallest absolute Gasteiger partial charge is 0.226 e. The van der Waals surface area contributed by atoms with Crippen LogP contribution >= 0.6 is 0 Å². The quantitative estimate of drug-likeness (QED) is 0.807. The summed E-state index contributed by atoms with van der Waals surface area (Å²) >= 11 is 0. The van der Waals surface area contributed by atoms with Crippen molar-refractivity contribution >= 4 is 5.91 Å². The summed E-state index contributed by atoms with van der Waals surface area (Å²) in [5.74, 6) is 0.0356. The molecule has 0 aromatic rings. The molecule has 18 heavy (non-hydrogen) atoms. The largest absolute Gasteiger partial charge is 0.596 e. The van der Waals surface area contributed by atoms with E-state index in [9.17, 15) is 4.79 Å². The second-order valence-corrected chi connectivity index (χ2v) is 4.90. The molecule has 0 bridgehead atoms. The summed E-state index contributed by atoms with van der Waals surface area (Å²) in [7, 11) is 0. The van der Waals surface area contributed by atoms with Gasteiger partial charge in [0.15, 0.2) is 0 Å². The fraction of sp³-hybridized carbons (Fsp3) is 0.692. The summed E-state index contributed by atoms with van der Waals surface area (Å²) in [6.45, 7) is 13.8. The monoisotopic (exact) mass is 326 g/mol. The summed E-state index contributed by atoms with van der Waals surface area (Å²) in [5.41, 5.74) is 5.06. The molecule has 4 nitrogen and oxygen atoms in total. The molecule has 1 N–H and O–H groups in total. The number of allylic oxidation sites excluding steroid dienone is 1. The van der Waals surface area contributed by atoms with E-state index in [2.05, 4.69) is 24.2 Å². The second kappa shape index (κ2) is 8.29. The van der Waals surface area contributed by atoms with E-state index in [0.717, 1.165) is 18.5 Å². The minimum atomic E-state index is -0.160. The van der Waals surface area contributed by atoms with Crippen LogP contribution in [0.25, 0.3) is 5.43 Å². The summed E-state index contributed by atoms with van der Waals surface area (Å²) in [4.78, 5) is 12.3. The summed E-state index contributed by atoms with van der Waals surface area (Å²) in [6, 6.07) is 0.146. The summed E-state index contributed by atoms with van der Waals surface area (Å²) in [6.07, 6.45) is 2.17. The Bertz CT molecular complexity index is 294. The van der Waals surface area contributed by atoms with Crippen molar-refractivity contribution in [2.24, 2.45) is 0 Å². The first-order valence-electron chi connectivity index (χ1n) is 6.23. The van der Waals surface area contributed by atoms with Crippen molar-refractivity contribution < 1.29 is 37.5 Å². The van der Waals surface area contributed by atoms with E-state index in [4.69, 9.17) is 0 Å². The van der Waals surface area contributed by atoms with Crippen LogP contribution in [0.2, 0.25) is 0 Å². The SMILES string of the molecule is C=C1CC[C@H](NC(C)C)C(=O)N([C@H](C)C[CH2-])[N-]1.[Y]. The van der Waals surface area contributed by atoms with E-state index < -0.39 is 0 Å². The Labute approximate surface area is 136 Å². The van der Waals surface area contributed by atoms with E-state index in [1.165, 1.54) is 0 Å². The molecule has 0 unspecified atom stereocenters. The molecule has 1 aliphatic rings. The Kier molecular flexibility index (Phi) is 8.32. The molecule has 1 aliphatic heterocycles. The molecule has 1 amide bonds. The number of carbonyl (C=O) groups excluding carboxylic acids is 1. The van der Waals surface area contributed by atoms with Crippen LogP contribution in [0.4, 0.5) is 0 Å². The normalized spacial score (nSPS) is 22.3. The molecular formula is C13H23N3OY-2. The molecule has 5 heteroatoms. The first-order chi connectivity index (χ1) is 7.95. The molecule has 1 saturated heterocycles. The van der Waals surface area contributed by atoms with Gasteiger partial charge in [0.1, 0.15) is 0 Å². The van der Waals surface area contributed by atoms with Gasteiger partial charge in [-0.3, -0.25) is 4.79 Å². The van der Waals surface area contributed by atoms with Crippen LogP contribution in [0.5, 0.6) is 0 Å². The molecule has 1 heterocycles. The first-order valence-corrected chi connectivity index (χ1v) is 6.23. The zero-order valence-electron chi connectivity index (χ0n) is 11.6. The third kappa shape index (κ3) is 4.98. The number of nitrogens with zero attached hydrogens (tertiary/aromatic N) is 2. The molecular weight excluding hydrogens is 303 g/mol. The minimum absolute atomic E-state index is 0.